The number of nitrogens with one attached hydrogen (secondary N) is 1. The molecule has 0 aliphatic rings. The van der Waals surface area contributed by atoms with E-state index in [4.69, 9.17) is 9.05 Å². The number of fused-ring (bicyclic) bond motifs is 1. The van der Waals surface area contributed by atoms with Crippen LogP contribution in [0.25, 0.3) is 11.2 Å². The van der Waals surface area contributed by atoms with Gasteiger partial charge in [0.25, 0.3) is 0 Å². The third kappa shape index (κ3) is 4.09. The maximum atomic E-state index is 12.9. The van der Waals surface area contributed by atoms with Crippen LogP contribution in [0.3, 0.4) is 0 Å². The number of imidazole rings is 1. The molecule has 0 atom stereocenters. The van der Waals surface area contributed by atoms with Crippen molar-refractivity contribution < 1.29 is 13.6 Å². The van der Waals surface area contributed by atoms with Crippen LogP contribution in [0, 0.1) is 6.92 Å². The minimum absolute atomic E-state index is 0.248. The third-order valence-electron chi connectivity index (χ3n) is 4.13. The summed E-state index contributed by atoms with van der Waals surface area (Å²) in [7, 11) is -3.30. The molecule has 0 amide bonds. The van der Waals surface area contributed by atoms with E-state index in [0.717, 1.165) is 11.3 Å². The van der Waals surface area contributed by atoms with Gasteiger partial charge >= 0.3 is 7.60 Å². The van der Waals surface area contributed by atoms with Crippen molar-refractivity contribution in [2.45, 2.75) is 40.7 Å². The maximum absolute atomic E-state index is 12.9. The van der Waals surface area contributed by atoms with Crippen LogP contribution in [0.4, 0.5) is 11.5 Å². The van der Waals surface area contributed by atoms with Crippen LogP contribution in [-0.4, -0.2) is 32.7 Å². The number of hydrogen-bond donors (Lipinski definition) is 1. The normalized spacial score (nSPS) is 12.1. The number of nitrogens with zero attached hydrogens (tertiary/aromatic N) is 4. The van der Waals surface area contributed by atoms with Crippen molar-refractivity contribution in [2.75, 3.05) is 18.5 Å². The van der Waals surface area contributed by atoms with Gasteiger partial charge in [0.2, 0.25) is 0 Å². The molecule has 1 aromatic carbocycles. The van der Waals surface area contributed by atoms with E-state index in [9.17, 15) is 4.57 Å². The molecular formula is C19H26N5O3P. The Labute approximate surface area is 164 Å². The SMILES string of the molecule is CCOP(=O)(OCC)c1ccc(Nc2nc(C)nc3c2ncn3C(C)C)cc1. The van der Waals surface area contributed by atoms with Gasteiger partial charge in [0, 0.05) is 11.7 Å². The van der Waals surface area contributed by atoms with Crippen molar-refractivity contribution in [2.24, 2.45) is 0 Å². The molecule has 2 heterocycles. The third-order valence-corrected chi connectivity index (χ3v) is 6.26. The lowest BCUT2D eigenvalue weighted by molar-refractivity contribution is 0.230. The molecule has 0 aliphatic carbocycles. The summed E-state index contributed by atoms with van der Waals surface area (Å²) in [6.45, 7) is 10.2. The average molecular weight is 403 g/mol. The first-order valence-electron chi connectivity index (χ1n) is 9.36. The molecule has 1 N–H and O–H groups in total. The second-order valence-electron chi connectivity index (χ2n) is 6.54. The fraction of sp³-hybridized carbons (Fsp3) is 0.421. The molecule has 8 nitrogen and oxygen atoms in total. The van der Waals surface area contributed by atoms with Crippen molar-refractivity contribution in [3.8, 4) is 0 Å². The molecule has 0 bridgehead atoms. The van der Waals surface area contributed by atoms with E-state index in [1.807, 2.05) is 23.6 Å². The lowest BCUT2D eigenvalue weighted by Crippen LogP contribution is -2.10. The molecule has 0 fully saturated rings. The van der Waals surface area contributed by atoms with Crippen LogP contribution < -0.4 is 10.6 Å². The number of hydrogen-bond acceptors (Lipinski definition) is 7. The number of aromatic nitrogens is 4. The van der Waals surface area contributed by atoms with Gasteiger partial charge in [-0.3, -0.25) is 4.57 Å². The first-order chi connectivity index (χ1) is 13.4. The van der Waals surface area contributed by atoms with Gasteiger partial charge in [-0.05, 0) is 58.9 Å². The van der Waals surface area contributed by atoms with Crippen LogP contribution in [0.15, 0.2) is 30.6 Å². The molecule has 0 saturated heterocycles. The molecule has 3 aromatic rings. The Kier molecular flexibility index (Phi) is 6.13. The molecule has 9 heteroatoms. The summed E-state index contributed by atoms with van der Waals surface area (Å²) in [4.78, 5) is 13.5. The zero-order valence-corrected chi connectivity index (χ0v) is 17.7. The van der Waals surface area contributed by atoms with E-state index in [1.165, 1.54) is 0 Å². The summed E-state index contributed by atoms with van der Waals surface area (Å²) in [5.41, 5.74) is 2.29. The standard InChI is InChI=1S/C19H26N5O3P/c1-6-26-28(25,27-7-2)16-10-8-15(9-11-16)23-18-17-19(22-14(5)21-18)24(12-20-17)13(3)4/h8-13H,6-7H2,1-5H3,(H,21,22,23). The number of aryl methyl sites for hydroxylation is 1. The highest BCUT2D eigenvalue weighted by Crippen LogP contribution is 2.46. The Morgan fingerprint density at radius 1 is 1.11 bits per heavy atom. The zero-order chi connectivity index (χ0) is 20.3. The van der Waals surface area contributed by atoms with Crippen LogP contribution in [0.1, 0.15) is 39.6 Å². The average Bonchev–Trinajstić information content (AvgIpc) is 3.07. The van der Waals surface area contributed by atoms with Crippen molar-refractivity contribution >= 4 is 35.6 Å². The Morgan fingerprint density at radius 3 is 2.32 bits per heavy atom. The Balaban J connectivity index is 1.92. The maximum Gasteiger partial charge on any atom is 0.361 e. The summed E-state index contributed by atoms with van der Waals surface area (Å²) in [6.07, 6.45) is 1.78. The van der Waals surface area contributed by atoms with Gasteiger partial charge in [-0.1, -0.05) is 0 Å². The van der Waals surface area contributed by atoms with Crippen molar-refractivity contribution in [3.05, 3.63) is 36.4 Å². The van der Waals surface area contributed by atoms with E-state index >= 15 is 0 Å². The van der Waals surface area contributed by atoms with Crippen LogP contribution in [-0.2, 0) is 13.6 Å². The molecule has 0 radical (unpaired) electrons. The van der Waals surface area contributed by atoms with Gasteiger partial charge in [0.15, 0.2) is 17.0 Å². The fourth-order valence-electron chi connectivity index (χ4n) is 2.88. The van der Waals surface area contributed by atoms with Gasteiger partial charge < -0.3 is 18.9 Å². The Hall–Kier alpha value is -2.28. The van der Waals surface area contributed by atoms with E-state index in [0.29, 0.717) is 35.7 Å². The zero-order valence-electron chi connectivity index (χ0n) is 16.8. The van der Waals surface area contributed by atoms with E-state index in [2.05, 4.69) is 34.1 Å². The highest BCUT2D eigenvalue weighted by molar-refractivity contribution is 7.62. The molecule has 3 rings (SSSR count). The summed E-state index contributed by atoms with van der Waals surface area (Å²) < 4.78 is 25.7. The summed E-state index contributed by atoms with van der Waals surface area (Å²) in [5, 5.41) is 3.81. The number of benzene rings is 1. The highest BCUT2D eigenvalue weighted by atomic mass is 31.2. The fourth-order valence-corrected chi connectivity index (χ4v) is 4.45. The summed E-state index contributed by atoms with van der Waals surface area (Å²) in [6, 6.07) is 7.38. The second-order valence-corrected chi connectivity index (χ2v) is 8.57. The molecule has 28 heavy (non-hydrogen) atoms. The van der Waals surface area contributed by atoms with Gasteiger partial charge in [0.05, 0.1) is 24.8 Å². The molecular weight excluding hydrogens is 377 g/mol. The molecule has 0 aliphatic heterocycles. The smallest absolute Gasteiger partial charge is 0.338 e. The Bertz CT molecular complexity index is 991. The Morgan fingerprint density at radius 2 is 1.75 bits per heavy atom. The molecule has 0 unspecified atom stereocenters. The first kappa shape index (κ1) is 20.5. The lowest BCUT2D eigenvalue weighted by atomic mass is 10.3. The van der Waals surface area contributed by atoms with Crippen LogP contribution in [0.2, 0.25) is 0 Å². The number of rotatable bonds is 8. The predicted molar refractivity (Wildman–Crippen MR) is 111 cm³/mol. The van der Waals surface area contributed by atoms with Crippen molar-refractivity contribution in [1.82, 2.24) is 19.5 Å². The van der Waals surface area contributed by atoms with Crippen LogP contribution >= 0.6 is 7.60 Å². The van der Waals surface area contributed by atoms with E-state index in [1.54, 1.807) is 32.3 Å². The van der Waals surface area contributed by atoms with Crippen LogP contribution in [0.5, 0.6) is 0 Å². The summed E-state index contributed by atoms with van der Waals surface area (Å²) >= 11 is 0. The molecule has 0 spiro atoms. The van der Waals surface area contributed by atoms with Gasteiger partial charge in [0.1, 0.15) is 5.82 Å². The lowest BCUT2D eigenvalue weighted by Gasteiger charge is -2.17. The summed E-state index contributed by atoms with van der Waals surface area (Å²) in [5.74, 6) is 1.29. The van der Waals surface area contributed by atoms with E-state index < -0.39 is 7.60 Å². The van der Waals surface area contributed by atoms with Gasteiger partial charge in [-0.2, -0.15) is 0 Å². The first-order valence-corrected chi connectivity index (χ1v) is 10.9. The number of anilines is 2. The minimum Gasteiger partial charge on any atom is -0.338 e. The quantitative estimate of drug-likeness (QED) is 0.559. The monoisotopic (exact) mass is 403 g/mol. The predicted octanol–water partition coefficient (Wildman–Crippen LogP) is 4.35. The van der Waals surface area contributed by atoms with Gasteiger partial charge in [-0.25, -0.2) is 15.0 Å². The van der Waals surface area contributed by atoms with Crippen molar-refractivity contribution in [3.63, 3.8) is 0 Å². The van der Waals surface area contributed by atoms with Gasteiger partial charge in [-0.15, -0.1) is 0 Å². The van der Waals surface area contributed by atoms with E-state index in [-0.39, 0.29) is 6.04 Å². The topological polar surface area (TPSA) is 91.2 Å². The molecule has 0 saturated carbocycles. The second kappa shape index (κ2) is 8.39. The highest BCUT2D eigenvalue weighted by Gasteiger charge is 2.26. The molecule has 2 aromatic heterocycles. The largest absolute Gasteiger partial charge is 0.361 e. The molecule has 150 valence electrons. The van der Waals surface area contributed by atoms with Crippen molar-refractivity contribution in [1.29, 1.82) is 0 Å². The minimum atomic E-state index is -3.30.